The van der Waals surface area contributed by atoms with Crippen LogP contribution in [-0.4, -0.2) is 26.3 Å². The molecule has 3 heterocycles. The fourth-order valence-electron chi connectivity index (χ4n) is 4.44. The molecule has 2 aliphatic rings. The number of aromatic nitrogens is 3. The van der Waals surface area contributed by atoms with Gasteiger partial charge in [0.25, 0.3) is 0 Å². The largest absolute Gasteiger partial charge is 0.337 e. The van der Waals surface area contributed by atoms with Gasteiger partial charge in [-0.25, -0.2) is 14.6 Å². The summed E-state index contributed by atoms with van der Waals surface area (Å²) in [6.45, 7) is 0. The molecule has 5 rings (SSSR count). The predicted molar refractivity (Wildman–Crippen MR) is 120 cm³/mol. The number of benzene rings is 1. The van der Waals surface area contributed by atoms with E-state index in [0.29, 0.717) is 5.92 Å². The minimum atomic E-state index is -0.667. The highest BCUT2D eigenvalue weighted by Gasteiger charge is 2.39. The van der Waals surface area contributed by atoms with Crippen LogP contribution in [0.15, 0.2) is 67.1 Å². The molecule has 1 atom stereocenters. The summed E-state index contributed by atoms with van der Waals surface area (Å²) >= 11 is 0. The third kappa shape index (κ3) is 3.58. The lowest BCUT2D eigenvalue weighted by Crippen LogP contribution is -2.58. The van der Waals surface area contributed by atoms with Crippen molar-refractivity contribution in [1.82, 2.24) is 14.6 Å². The van der Waals surface area contributed by atoms with Gasteiger partial charge in [0.2, 0.25) is 0 Å². The van der Waals surface area contributed by atoms with E-state index in [4.69, 9.17) is 11.5 Å². The minimum absolute atomic E-state index is 0.283. The van der Waals surface area contributed by atoms with Crippen LogP contribution in [0.2, 0.25) is 0 Å². The summed E-state index contributed by atoms with van der Waals surface area (Å²) in [6.07, 6.45) is 11.6. The van der Waals surface area contributed by atoms with Crippen LogP contribution in [0, 0.1) is 5.92 Å². The Balaban J connectivity index is 1.41. The van der Waals surface area contributed by atoms with E-state index in [1.54, 1.807) is 6.20 Å². The van der Waals surface area contributed by atoms with Crippen molar-refractivity contribution < 1.29 is 0 Å². The zero-order valence-electron chi connectivity index (χ0n) is 16.8. The van der Waals surface area contributed by atoms with Crippen LogP contribution in [0.5, 0.6) is 0 Å². The molecular formula is C23H27N7. The zero-order chi connectivity index (χ0) is 20.6. The zero-order valence-corrected chi connectivity index (χ0v) is 16.8. The summed E-state index contributed by atoms with van der Waals surface area (Å²) in [7, 11) is 0. The molecule has 7 nitrogen and oxygen atoms in total. The monoisotopic (exact) mass is 401 g/mol. The quantitative estimate of drug-likeness (QED) is 0.535. The molecule has 1 saturated carbocycles. The molecule has 0 spiro atoms. The summed E-state index contributed by atoms with van der Waals surface area (Å²) in [5, 5.41) is 3.43. The van der Waals surface area contributed by atoms with Gasteiger partial charge in [0, 0.05) is 36.1 Å². The van der Waals surface area contributed by atoms with Crippen molar-refractivity contribution in [3.63, 3.8) is 0 Å². The van der Waals surface area contributed by atoms with E-state index in [2.05, 4.69) is 45.0 Å². The molecule has 154 valence electrons. The van der Waals surface area contributed by atoms with E-state index in [1.807, 2.05) is 41.3 Å². The van der Waals surface area contributed by atoms with Gasteiger partial charge in [-0.15, -0.1) is 0 Å². The Hall–Kier alpha value is -3.16. The van der Waals surface area contributed by atoms with E-state index in [0.717, 1.165) is 54.1 Å². The van der Waals surface area contributed by atoms with Crippen molar-refractivity contribution >= 4 is 11.5 Å². The summed E-state index contributed by atoms with van der Waals surface area (Å²) in [5.74, 6) is 1.85. The topological polar surface area (TPSA) is 107 Å². The number of fused-ring (bicyclic) bond motifs is 1. The first-order valence-corrected chi connectivity index (χ1v) is 10.5. The molecular weight excluding hydrogens is 374 g/mol. The van der Waals surface area contributed by atoms with Crippen molar-refractivity contribution in [2.75, 3.05) is 10.7 Å². The maximum absolute atomic E-state index is 6.86. The van der Waals surface area contributed by atoms with Crippen molar-refractivity contribution in [1.29, 1.82) is 0 Å². The number of nitrogens with one attached hydrogen (secondary N) is 2. The number of nitrogens with two attached hydrogens (primary N) is 2. The molecule has 0 amide bonds. The molecule has 1 unspecified atom stereocenters. The molecule has 1 aromatic carbocycles. The lowest BCUT2D eigenvalue weighted by atomic mass is 9.78. The van der Waals surface area contributed by atoms with Crippen molar-refractivity contribution in [2.24, 2.45) is 17.4 Å². The summed E-state index contributed by atoms with van der Waals surface area (Å²) in [4.78, 5) is 9.10. The molecule has 30 heavy (non-hydrogen) atoms. The van der Waals surface area contributed by atoms with Crippen LogP contribution in [0.25, 0.3) is 16.8 Å². The second kappa shape index (κ2) is 7.59. The van der Waals surface area contributed by atoms with Gasteiger partial charge < -0.3 is 22.2 Å². The third-order valence-electron chi connectivity index (χ3n) is 6.16. The van der Waals surface area contributed by atoms with Crippen molar-refractivity contribution in [3.05, 3.63) is 73.0 Å². The first-order chi connectivity index (χ1) is 14.6. The summed E-state index contributed by atoms with van der Waals surface area (Å²) in [6, 6.07) is 14.6. The van der Waals surface area contributed by atoms with Gasteiger partial charge in [-0.3, -0.25) is 0 Å². The Bertz CT molecular complexity index is 1030. The number of anilines is 1. The fraction of sp³-hybridized carbons (Fsp3) is 0.304. The maximum atomic E-state index is 6.86. The molecule has 1 aliphatic heterocycles. The number of pyridine rings is 1. The van der Waals surface area contributed by atoms with E-state index < -0.39 is 5.66 Å². The molecule has 0 saturated heterocycles. The average molecular weight is 402 g/mol. The molecule has 7 heteroatoms. The van der Waals surface area contributed by atoms with Gasteiger partial charge in [-0.05, 0) is 49.5 Å². The van der Waals surface area contributed by atoms with Gasteiger partial charge in [0.05, 0.1) is 5.70 Å². The molecule has 0 radical (unpaired) electrons. The average Bonchev–Trinajstić information content (AvgIpc) is 3.24. The highest BCUT2D eigenvalue weighted by molar-refractivity contribution is 5.75. The molecule has 6 N–H and O–H groups in total. The molecule has 2 aromatic heterocycles. The highest BCUT2D eigenvalue weighted by atomic mass is 15.5. The standard InChI is InChI=1S/C23H27N7/c24-19-9-7-18(8-10-19)23(25)14-20(22-26-12-13-30(22)29-23)28-21-11-6-17(15-27-21)16-4-2-1-3-5-16/h1-6,11-15,18-19,29H,7-10,24-25H2,(H,27,28). The van der Waals surface area contributed by atoms with Gasteiger partial charge in [0.15, 0.2) is 5.82 Å². The van der Waals surface area contributed by atoms with Crippen LogP contribution in [-0.2, 0) is 0 Å². The number of nitrogens with zero attached hydrogens (tertiary/aromatic N) is 3. The smallest absolute Gasteiger partial charge is 0.175 e. The third-order valence-corrected chi connectivity index (χ3v) is 6.16. The van der Waals surface area contributed by atoms with Crippen LogP contribution < -0.4 is 22.2 Å². The normalized spacial score (nSPS) is 25.7. The Kier molecular flexibility index (Phi) is 4.77. The Labute approximate surface area is 176 Å². The van der Waals surface area contributed by atoms with Crippen LogP contribution in [0.4, 0.5) is 5.82 Å². The van der Waals surface area contributed by atoms with E-state index in [9.17, 15) is 0 Å². The summed E-state index contributed by atoms with van der Waals surface area (Å²) < 4.78 is 1.90. The second-order valence-electron chi connectivity index (χ2n) is 8.26. The van der Waals surface area contributed by atoms with Gasteiger partial charge in [-0.2, -0.15) is 0 Å². The number of rotatable bonds is 4. The number of hydrogen-bond donors (Lipinski definition) is 4. The van der Waals surface area contributed by atoms with Crippen molar-refractivity contribution in [3.8, 4) is 11.1 Å². The van der Waals surface area contributed by atoms with Gasteiger partial charge in [-0.1, -0.05) is 30.3 Å². The first kappa shape index (κ1) is 18.8. The lowest BCUT2D eigenvalue weighted by molar-refractivity contribution is 0.239. The Morgan fingerprint density at radius 3 is 2.53 bits per heavy atom. The van der Waals surface area contributed by atoms with Crippen molar-refractivity contribution in [2.45, 2.75) is 37.4 Å². The van der Waals surface area contributed by atoms with E-state index >= 15 is 0 Å². The molecule has 1 aliphatic carbocycles. The highest BCUT2D eigenvalue weighted by Crippen LogP contribution is 2.35. The first-order valence-electron chi connectivity index (χ1n) is 10.5. The van der Waals surface area contributed by atoms with Crippen LogP contribution in [0.1, 0.15) is 31.5 Å². The van der Waals surface area contributed by atoms with Crippen LogP contribution >= 0.6 is 0 Å². The number of hydrogen-bond acceptors (Lipinski definition) is 6. The molecule has 0 bridgehead atoms. The minimum Gasteiger partial charge on any atom is -0.337 e. The summed E-state index contributed by atoms with van der Waals surface area (Å²) in [5.41, 5.74) is 18.8. The predicted octanol–water partition coefficient (Wildman–Crippen LogP) is 3.13. The number of imidazole rings is 1. The van der Waals surface area contributed by atoms with E-state index in [1.165, 1.54) is 0 Å². The van der Waals surface area contributed by atoms with Crippen LogP contribution in [0.3, 0.4) is 0 Å². The Morgan fingerprint density at radius 1 is 1.00 bits per heavy atom. The maximum Gasteiger partial charge on any atom is 0.175 e. The lowest BCUT2D eigenvalue weighted by Gasteiger charge is -2.42. The molecule has 1 fully saturated rings. The van der Waals surface area contributed by atoms with Gasteiger partial charge in [0.1, 0.15) is 11.5 Å². The second-order valence-corrected chi connectivity index (χ2v) is 8.26. The Morgan fingerprint density at radius 2 is 1.80 bits per heavy atom. The van der Waals surface area contributed by atoms with Gasteiger partial charge >= 0.3 is 0 Å². The SMILES string of the molecule is NC1CCC(C2(N)C=C(Nc3ccc(-c4ccccc4)cn3)c3nccn3N2)CC1. The fourth-order valence-corrected chi connectivity index (χ4v) is 4.44. The van der Waals surface area contributed by atoms with E-state index in [-0.39, 0.29) is 6.04 Å². The molecule has 3 aromatic rings.